The number of aromatic amines is 1. The van der Waals surface area contributed by atoms with Gasteiger partial charge in [0, 0.05) is 0 Å². The Morgan fingerprint density at radius 1 is 1.15 bits per heavy atom. The molecule has 0 unspecified atom stereocenters. The fourth-order valence-electron chi connectivity index (χ4n) is 2.19. The molecule has 20 heavy (non-hydrogen) atoms. The first-order valence-electron chi connectivity index (χ1n) is 6.18. The lowest BCUT2D eigenvalue weighted by molar-refractivity contribution is 0.622. The van der Waals surface area contributed by atoms with E-state index in [0.29, 0.717) is 17.2 Å². The van der Waals surface area contributed by atoms with E-state index < -0.39 is 0 Å². The van der Waals surface area contributed by atoms with Crippen LogP contribution in [0.3, 0.4) is 0 Å². The number of H-pyrrole nitrogens is 1. The van der Waals surface area contributed by atoms with Gasteiger partial charge in [-0.2, -0.15) is 5.10 Å². The number of aromatic nitrogens is 3. The van der Waals surface area contributed by atoms with Crippen molar-refractivity contribution in [3.8, 4) is 22.5 Å². The third kappa shape index (κ3) is 2.03. The van der Waals surface area contributed by atoms with Crippen molar-refractivity contribution in [2.45, 2.75) is 6.92 Å². The molecule has 0 aliphatic carbocycles. The molecule has 0 saturated heterocycles. The van der Waals surface area contributed by atoms with Crippen LogP contribution in [0, 0.1) is 12.7 Å². The maximum atomic E-state index is 13.0. The average Bonchev–Trinajstić information content (AvgIpc) is 2.82. The van der Waals surface area contributed by atoms with Gasteiger partial charge in [0.2, 0.25) is 0 Å². The molecule has 4 nitrogen and oxygen atoms in total. The maximum Gasteiger partial charge on any atom is 0.153 e. The van der Waals surface area contributed by atoms with Crippen molar-refractivity contribution in [2.75, 3.05) is 5.73 Å². The first-order chi connectivity index (χ1) is 9.66. The van der Waals surface area contributed by atoms with Gasteiger partial charge in [0.15, 0.2) is 5.82 Å². The van der Waals surface area contributed by atoms with Gasteiger partial charge in [0.05, 0.1) is 23.1 Å². The van der Waals surface area contributed by atoms with Crippen LogP contribution in [0.25, 0.3) is 22.5 Å². The van der Waals surface area contributed by atoms with Crippen LogP contribution in [-0.4, -0.2) is 15.2 Å². The highest BCUT2D eigenvalue weighted by molar-refractivity contribution is 5.87. The molecule has 3 N–H and O–H groups in total. The van der Waals surface area contributed by atoms with Crippen LogP contribution in [0.15, 0.2) is 42.6 Å². The second-order valence-electron chi connectivity index (χ2n) is 4.54. The number of halogens is 1. The number of anilines is 1. The van der Waals surface area contributed by atoms with E-state index in [1.165, 1.54) is 12.3 Å². The predicted molar refractivity (Wildman–Crippen MR) is 76.4 cm³/mol. The Bertz CT molecular complexity index is 747. The lowest BCUT2D eigenvalue weighted by Crippen LogP contribution is -1.92. The minimum Gasteiger partial charge on any atom is -0.382 e. The molecule has 0 atom stereocenters. The largest absolute Gasteiger partial charge is 0.382 e. The zero-order valence-electron chi connectivity index (χ0n) is 10.9. The molecule has 0 bridgehead atoms. The summed E-state index contributed by atoms with van der Waals surface area (Å²) < 4.78 is 13.0. The third-order valence-electron chi connectivity index (χ3n) is 3.19. The van der Waals surface area contributed by atoms with Crippen LogP contribution < -0.4 is 5.73 Å². The van der Waals surface area contributed by atoms with Crippen molar-refractivity contribution in [3.05, 3.63) is 54.0 Å². The molecule has 2 aromatic heterocycles. The third-order valence-corrected chi connectivity index (χ3v) is 3.19. The first kappa shape index (κ1) is 12.3. The van der Waals surface area contributed by atoms with Gasteiger partial charge in [0.25, 0.3) is 0 Å². The Balaban J connectivity index is 2.20. The van der Waals surface area contributed by atoms with Crippen LogP contribution in [0.5, 0.6) is 0 Å². The second kappa shape index (κ2) is 4.77. The summed E-state index contributed by atoms with van der Waals surface area (Å²) in [6.07, 6.45) is 1.17. The Labute approximate surface area is 115 Å². The molecule has 0 radical (unpaired) electrons. The van der Waals surface area contributed by atoms with E-state index in [1.54, 1.807) is 6.07 Å². The maximum absolute atomic E-state index is 13.0. The summed E-state index contributed by atoms with van der Waals surface area (Å²) >= 11 is 0. The molecule has 0 aliphatic heterocycles. The molecule has 3 aromatic rings. The zero-order valence-corrected chi connectivity index (χ0v) is 10.9. The predicted octanol–water partition coefficient (Wildman–Crippen LogP) is 3.17. The monoisotopic (exact) mass is 268 g/mol. The van der Waals surface area contributed by atoms with E-state index in [2.05, 4.69) is 15.2 Å². The quantitative estimate of drug-likeness (QED) is 0.750. The van der Waals surface area contributed by atoms with Crippen LogP contribution >= 0.6 is 0 Å². The molecular weight excluding hydrogens is 255 g/mol. The molecule has 0 aliphatic rings. The topological polar surface area (TPSA) is 67.6 Å². The van der Waals surface area contributed by atoms with Gasteiger partial charge in [0.1, 0.15) is 5.82 Å². The van der Waals surface area contributed by atoms with Gasteiger partial charge >= 0.3 is 0 Å². The number of nitrogens with zero attached hydrogens (tertiary/aromatic N) is 2. The summed E-state index contributed by atoms with van der Waals surface area (Å²) in [5, 5.41) is 6.93. The van der Waals surface area contributed by atoms with Gasteiger partial charge in [-0.1, -0.05) is 24.3 Å². The molecule has 2 heterocycles. The minimum atomic E-state index is -0.376. The fourth-order valence-corrected chi connectivity index (χ4v) is 2.19. The molecule has 0 spiro atoms. The highest BCUT2D eigenvalue weighted by Crippen LogP contribution is 2.35. The zero-order chi connectivity index (χ0) is 14.1. The highest BCUT2D eigenvalue weighted by Gasteiger charge is 2.16. The van der Waals surface area contributed by atoms with Gasteiger partial charge < -0.3 is 5.73 Å². The van der Waals surface area contributed by atoms with E-state index >= 15 is 0 Å². The summed E-state index contributed by atoms with van der Waals surface area (Å²) in [6.45, 7) is 2.00. The lowest BCUT2D eigenvalue weighted by Gasteiger charge is -2.07. The van der Waals surface area contributed by atoms with Crippen LogP contribution in [0.4, 0.5) is 10.2 Å². The number of rotatable bonds is 2. The van der Waals surface area contributed by atoms with E-state index in [0.717, 1.165) is 16.7 Å². The molecule has 3 rings (SSSR count). The van der Waals surface area contributed by atoms with E-state index in [1.807, 2.05) is 31.2 Å². The Hall–Kier alpha value is -2.69. The van der Waals surface area contributed by atoms with Crippen LogP contribution in [0.2, 0.25) is 0 Å². The first-order valence-corrected chi connectivity index (χ1v) is 6.18. The van der Waals surface area contributed by atoms with Gasteiger partial charge in [-0.3, -0.25) is 10.1 Å². The summed E-state index contributed by atoms with van der Waals surface area (Å²) in [4.78, 5) is 4.08. The summed E-state index contributed by atoms with van der Waals surface area (Å²) in [5.74, 6) is 0.0269. The number of hydrogen-bond acceptors (Lipinski definition) is 3. The number of nitrogens with one attached hydrogen (secondary N) is 1. The number of nitrogen functional groups attached to an aromatic ring is 1. The Morgan fingerprint density at radius 3 is 2.65 bits per heavy atom. The molecule has 0 saturated carbocycles. The van der Waals surface area contributed by atoms with Gasteiger partial charge in [-0.05, 0) is 30.2 Å². The van der Waals surface area contributed by atoms with Gasteiger partial charge in [-0.15, -0.1) is 0 Å². The molecule has 0 amide bonds. The Morgan fingerprint density at radius 2 is 1.95 bits per heavy atom. The van der Waals surface area contributed by atoms with Crippen LogP contribution in [0.1, 0.15) is 5.56 Å². The van der Waals surface area contributed by atoms with Crippen molar-refractivity contribution < 1.29 is 4.39 Å². The SMILES string of the molecule is Cc1ccccc1-c1c(N)n[nH]c1-c1ccc(F)cn1. The number of aryl methyl sites for hydroxylation is 1. The van der Waals surface area contributed by atoms with Crippen molar-refractivity contribution in [1.29, 1.82) is 0 Å². The van der Waals surface area contributed by atoms with Crippen molar-refractivity contribution >= 4 is 5.82 Å². The number of nitrogens with two attached hydrogens (primary N) is 1. The lowest BCUT2D eigenvalue weighted by atomic mass is 9.99. The number of hydrogen-bond donors (Lipinski definition) is 2. The standard InChI is InChI=1S/C15H13FN4/c1-9-4-2-3-5-11(9)13-14(19-20-15(13)17)12-7-6-10(16)8-18-12/h2-8H,1H3,(H3,17,19,20). The second-order valence-corrected chi connectivity index (χ2v) is 4.54. The highest BCUT2D eigenvalue weighted by atomic mass is 19.1. The smallest absolute Gasteiger partial charge is 0.153 e. The van der Waals surface area contributed by atoms with E-state index in [9.17, 15) is 4.39 Å². The van der Waals surface area contributed by atoms with Crippen LogP contribution in [-0.2, 0) is 0 Å². The average molecular weight is 268 g/mol. The summed E-state index contributed by atoms with van der Waals surface area (Å²) in [7, 11) is 0. The van der Waals surface area contributed by atoms with Gasteiger partial charge in [-0.25, -0.2) is 4.39 Å². The minimum absolute atomic E-state index is 0.376. The van der Waals surface area contributed by atoms with Crippen molar-refractivity contribution in [2.24, 2.45) is 0 Å². The molecule has 5 heteroatoms. The number of pyridine rings is 1. The fraction of sp³-hybridized carbons (Fsp3) is 0.0667. The van der Waals surface area contributed by atoms with Crippen molar-refractivity contribution in [3.63, 3.8) is 0 Å². The molecule has 100 valence electrons. The molecule has 1 aromatic carbocycles. The normalized spacial score (nSPS) is 10.7. The molecular formula is C15H13FN4. The van der Waals surface area contributed by atoms with E-state index in [-0.39, 0.29) is 5.82 Å². The summed E-state index contributed by atoms with van der Waals surface area (Å²) in [5.41, 5.74) is 10.1. The van der Waals surface area contributed by atoms with E-state index in [4.69, 9.17) is 5.73 Å². The summed E-state index contributed by atoms with van der Waals surface area (Å²) in [6, 6.07) is 10.8. The molecule has 0 fully saturated rings. The van der Waals surface area contributed by atoms with Crippen molar-refractivity contribution in [1.82, 2.24) is 15.2 Å². The Kier molecular flexibility index (Phi) is 2.95. The number of benzene rings is 1.